The number of hydrogen-bond donors (Lipinski definition) is 1. The van der Waals surface area contributed by atoms with E-state index in [9.17, 15) is 9.59 Å². The molecular weight excluding hydrogens is 260 g/mol. The summed E-state index contributed by atoms with van der Waals surface area (Å²) in [6.45, 7) is 1.59. The minimum atomic E-state index is -1.04. The summed E-state index contributed by atoms with van der Waals surface area (Å²) in [5.74, 6) is -0.493. The number of aromatic carboxylic acids is 1. The fraction of sp³-hybridized carbons (Fsp3) is 0.214. The molecular formula is C14H14N2O4. The molecule has 0 aliphatic carbocycles. The average Bonchev–Trinajstić information content (AvgIpc) is 2.78. The SMILES string of the molecule is CC(=O)c1ccc(OCc2c(C(=O)O)cnn2C)cc1. The molecule has 0 amide bonds. The van der Waals surface area contributed by atoms with Crippen molar-refractivity contribution in [3.63, 3.8) is 0 Å². The van der Waals surface area contributed by atoms with Crippen LogP contribution in [-0.2, 0) is 13.7 Å². The van der Waals surface area contributed by atoms with Crippen LogP contribution in [-0.4, -0.2) is 26.6 Å². The zero-order chi connectivity index (χ0) is 14.7. The molecule has 0 spiro atoms. The summed E-state index contributed by atoms with van der Waals surface area (Å²) in [6.07, 6.45) is 1.29. The van der Waals surface area contributed by atoms with Crippen LogP contribution in [0.25, 0.3) is 0 Å². The third kappa shape index (κ3) is 2.85. The molecule has 0 aliphatic rings. The molecule has 0 aliphatic heterocycles. The molecule has 20 heavy (non-hydrogen) atoms. The summed E-state index contributed by atoms with van der Waals surface area (Å²) in [5.41, 5.74) is 1.20. The Morgan fingerprint density at radius 2 is 1.95 bits per heavy atom. The third-order valence-electron chi connectivity index (χ3n) is 2.93. The van der Waals surface area contributed by atoms with Crippen molar-refractivity contribution >= 4 is 11.8 Å². The summed E-state index contributed by atoms with van der Waals surface area (Å²) in [4.78, 5) is 22.2. The van der Waals surface area contributed by atoms with Crippen LogP contribution in [0.2, 0.25) is 0 Å². The minimum Gasteiger partial charge on any atom is -0.487 e. The third-order valence-corrected chi connectivity index (χ3v) is 2.93. The van der Waals surface area contributed by atoms with Crippen molar-refractivity contribution < 1.29 is 19.4 Å². The molecule has 1 aromatic heterocycles. The Morgan fingerprint density at radius 1 is 1.30 bits per heavy atom. The molecule has 1 N–H and O–H groups in total. The number of ketones is 1. The first-order chi connectivity index (χ1) is 9.49. The molecule has 0 atom stereocenters. The van der Waals surface area contributed by atoms with Crippen LogP contribution in [0.4, 0.5) is 0 Å². The van der Waals surface area contributed by atoms with Crippen LogP contribution >= 0.6 is 0 Å². The standard InChI is InChI=1S/C14H14N2O4/c1-9(17)10-3-5-11(6-4-10)20-8-13-12(14(18)19)7-15-16(13)2/h3-7H,8H2,1-2H3,(H,18,19). The molecule has 6 nitrogen and oxygen atoms in total. The van der Waals surface area contributed by atoms with Gasteiger partial charge in [0.25, 0.3) is 0 Å². The highest BCUT2D eigenvalue weighted by Gasteiger charge is 2.15. The Bertz CT molecular complexity index is 644. The van der Waals surface area contributed by atoms with Crippen LogP contribution in [0.1, 0.15) is 33.3 Å². The van der Waals surface area contributed by atoms with E-state index in [1.54, 1.807) is 31.3 Å². The largest absolute Gasteiger partial charge is 0.487 e. The van der Waals surface area contributed by atoms with E-state index in [1.807, 2.05) is 0 Å². The number of ether oxygens (including phenoxy) is 1. The summed E-state index contributed by atoms with van der Waals surface area (Å²) in [6, 6.07) is 6.68. The molecule has 1 heterocycles. The molecule has 0 bridgehead atoms. The van der Waals surface area contributed by atoms with E-state index in [-0.39, 0.29) is 18.0 Å². The number of nitrogens with zero attached hydrogens (tertiary/aromatic N) is 2. The van der Waals surface area contributed by atoms with E-state index < -0.39 is 5.97 Å². The molecule has 0 radical (unpaired) electrons. The van der Waals surface area contributed by atoms with E-state index in [0.29, 0.717) is 17.0 Å². The fourth-order valence-electron chi connectivity index (χ4n) is 1.75. The lowest BCUT2D eigenvalue weighted by atomic mass is 10.1. The molecule has 0 saturated carbocycles. The quantitative estimate of drug-likeness (QED) is 0.842. The van der Waals surface area contributed by atoms with E-state index in [2.05, 4.69) is 5.10 Å². The molecule has 2 rings (SSSR count). The molecule has 6 heteroatoms. The fourth-order valence-corrected chi connectivity index (χ4v) is 1.75. The first-order valence-corrected chi connectivity index (χ1v) is 5.97. The molecule has 1 aromatic carbocycles. The lowest BCUT2D eigenvalue weighted by Crippen LogP contribution is -2.08. The first-order valence-electron chi connectivity index (χ1n) is 5.97. The van der Waals surface area contributed by atoms with Gasteiger partial charge in [-0.3, -0.25) is 9.48 Å². The summed E-state index contributed by atoms with van der Waals surface area (Å²) >= 11 is 0. The molecule has 104 valence electrons. The Morgan fingerprint density at radius 3 is 2.50 bits per heavy atom. The molecule has 2 aromatic rings. The smallest absolute Gasteiger partial charge is 0.339 e. The number of Topliss-reactive ketones (excluding diaryl/α,β-unsaturated/α-hetero) is 1. The lowest BCUT2D eigenvalue weighted by Gasteiger charge is -2.08. The predicted octanol–water partition coefficient (Wildman–Crippen LogP) is 1.90. The van der Waals surface area contributed by atoms with Crippen LogP contribution in [0.15, 0.2) is 30.5 Å². The second-order valence-electron chi connectivity index (χ2n) is 4.30. The summed E-state index contributed by atoms with van der Waals surface area (Å²) in [5, 5.41) is 12.9. The van der Waals surface area contributed by atoms with Gasteiger partial charge in [0.2, 0.25) is 0 Å². The second-order valence-corrected chi connectivity index (χ2v) is 4.30. The van der Waals surface area contributed by atoms with Crippen molar-refractivity contribution in [3.8, 4) is 5.75 Å². The van der Waals surface area contributed by atoms with E-state index in [1.165, 1.54) is 17.8 Å². The number of carbonyl (C=O) groups excluding carboxylic acids is 1. The van der Waals surface area contributed by atoms with Crippen molar-refractivity contribution in [2.45, 2.75) is 13.5 Å². The van der Waals surface area contributed by atoms with Gasteiger partial charge in [-0.2, -0.15) is 5.10 Å². The van der Waals surface area contributed by atoms with Crippen molar-refractivity contribution in [2.24, 2.45) is 7.05 Å². The van der Waals surface area contributed by atoms with Crippen molar-refractivity contribution in [2.75, 3.05) is 0 Å². The Balaban J connectivity index is 2.11. The number of rotatable bonds is 5. The Hall–Kier alpha value is -2.63. The van der Waals surface area contributed by atoms with E-state index in [4.69, 9.17) is 9.84 Å². The maximum absolute atomic E-state index is 11.1. The van der Waals surface area contributed by atoms with Crippen LogP contribution in [0, 0.1) is 0 Å². The van der Waals surface area contributed by atoms with Gasteiger partial charge >= 0.3 is 5.97 Å². The molecule has 0 saturated heterocycles. The highest BCUT2D eigenvalue weighted by atomic mass is 16.5. The molecule has 0 unspecified atom stereocenters. The number of aryl methyl sites for hydroxylation is 1. The highest BCUT2D eigenvalue weighted by Crippen LogP contribution is 2.16. The van der Waals surface area contributed by atoms with Gasteiger partial charge in [0, 0.05) is 12.6 Å². The number of benzene rings is 1. The first kappa shape index (κ1) is 13.8. The number of hydrogen-bond acceptors (Lipinski definition) is 4. The maximum atomic E-state index is 11.1. The second kappa shape index (κ2) is 5.56. The van der Waals surface area contributed by atoms with Crippen molar-refractivity contribution in [1.82, 2.24) is 9.78 Å². The van der Waals surface area contributed by atoms with E-state index >= 15 is 0 Å². The number of carbonyl (C=O) groups is 2. The van der Waals surface area contributed by atoms with Crippen LogP contribution < -0.4 is 4.74 Å². The van der Waals surface area contributed by atoms with Gasteiger partial charge in [0.15, 0.2) is 5.78 Å². The summed E-state index contributed by atoms with van der Waals surface area (Å²) in [7, 11) is 1.66. The lowest BCUT2D eigenvalue weighted by molar-refractivity contribution is 0.0693. The monoisotopic (exact) mass is 274 g/mol. The van der Waals surface area contributed by atoms with Crippen molar-refractivity contribution in [3.05, 3.63) is 47.3 Å². The zero-order valence-corrected chi connectivity index (χ0v) is 11.2. The Kier molecular flexibility index (Phi) is 3.84. The van der Waals surface area contributed by atoms with Crippen molar-refractivity contribution in [1.29, 1.82) is 0 Å². The van der Waals surface area contributed by atoms with Gasteiger partial charge in [-0.1, -0.05) is 0 Å². The van der Waals surface area contributed by atoms with Gasteiger partial charge in [-0.15, -0.1) is 0 Å². The van der Waals surface area contributed by atoms with Crippen LogP contribution in [0.3, 0.4) is 0 Å². The minimum absolute atomic E-state index is 0.0173. The van der Waals surface area contributed by atoms with Gasteiger partial charge < -0.3 is 9.84 Å². The highest BCUT2D eigenvalue weighted by molar-refractivity contribution is 5.94. The topological polar surface area (TPSA) is 81.4 Å². The average molecular weight is 274 g/mol. The number of carboxylic acid groups (broad SMARTS) is 1. The number of aromatic nitrogens is 2. The van der Waals surface area contributed by atoms with E-state index in [0.717, 1.165) is 0 Å². The van der Waals surface area contributed by atoms with Gasteiger partial charge in [0.1, 0.15) is 17.9 Å². The van der Waals surface area contributed by atoms with Crippen LogP contribution in [0.5, 0.6) is 5.75 Å². The summed E-state index contributed by atoms with van der Waals surface area (Å²) < 4.78 is 6.99. The zero-order valence-electron chi connectivity index (χ0n) is 11.2. The molecule has 0 fully saturated rings. The van der Waals surface area contributed by atoms with Gasteiger partial charge in [-0.05, 0) is 31.2 Å². The Labute approximate surface area is 115 Å². The van der Waals surface area contributed by atoms with Gasteiger partial charge in [-0.25, -0.2) is 4.79 Å². The number of carboxylic acids is 1. The van der Waals surface area contributed by atoms with Gasteiger partial charge in [0.05, 0.1) is 11.9 Å². The predicted molar refractivity (Wildman–Crippen MR) is 70.9 cm³/mol. The maximum Gasteiger partial charge on any atom is 0.339 e. The normalized spacial score (nSPS) is 10.3.